The third kappa shape index (κ3) is 4.35. The molecule has 32 heavy (non-hydrogen) atoms. The molecule has 0 atom stereocenters. The molecule has 0 aliphatic rings. The van der Waals surface area contributed by atoms with Gasteiger partial charge in [0.15, 0.2) is 4.34 Å². The van der Waals surface area contributed by atoms with Gasteiger partial charge in [0.1, 0.15) is 0 Å². The quantitative estimate of drug-likeness (QED) is 0.335. The summed E-state index contributed by atoms with van der Waals surface area (Å²) in [5.74, 6) is 1.30. The van der Waals surface area contributed by atoms with E-state index >= 15 is 0 Å². The number of nitrogens with one attached hydrogen (secondary N) is 2. The number of thiazole rings is 1. The van der Waals surface area contributed by atoms with Crippen LogP contribution in [0.3, 0.4) is 0 Å². The molecule has 0 unspecified atom stereocenters. The summed E-state index contributed by atoms with van der Waals surface area (Å²) in [4.78, 5) is 33.1. The lowest BCUT2D eigenvalue weighted by atomic mass is 10.1. The van der Waals surface area contributed by atoms with Gasteiger partial charge in [0.05, 0.1) is 21.4 Å². The van der Waals surface area contributed by atoms with E-state index in [0.717, 1.165) is 43.3 Å². The molecule has 0 saturated carbocycles. The van der Waals surface area contributed by atoms with Gasteiger partial charge in [-0.1, -0.05) is 36.9 Å². The minimum atomic E-state index is -0.323. The monoisotopic (exact) mass is 460 g/mol. The van der Waals surface area contributed by atoms with Crippen LogP contribution in [-0.4, -0.2) is 24.9 Å². The molecule has 0 aliphatic heterocycles. The maximum atomic E-state index is 12.2. The van der Waals surface area contributed by atoms with Crippen LogP contribution < -0.4 is 10.9 Å². The van der Waals surface area contributed by atoms with Crippen LogP contribution in [0.1, 0.15) is 23.9 Å². The van der Waals surface area contributed by atoms with Gasteiger partial charge in [-0.2, -0.15) is 4.98 Å². The predicted molar refractivity (Wildman–Crippen MR) is 131 cm³/mol. The van der Waals surface area contributed by atoms with Crippen molar-refractivity contribution in [3.05, 3.63) is 75.8 Å². The topological polar surface area (TPSA) is 96.5 Å². The molecule has 0 saturated heterocycles. The van der Waals surface area contributed by atoms with Gasteiger partial charge in [0.2, 0.25) is 11.9 Å². The smallest absolute Gasteiger partial charge is 0.274 e. The van der Waals surface area contributed by atoms with Crippen LogP contribution in [0.2, 0.25) is 0 Å². The zero-order valence-corrected chi connectivity index (χ0v) is 19.2. The number of anilines is 2. The van der Waals surface area contributed by atoms with Gasteiger partial charge in [-0.3, -0.25) is 10.1 Å². The number of nitrogens with zero attached hydrogens (tertiary/aromatic N) is 4. The molecular formula is C23H20N6OS2. The van der Waals surface area contributed by atoms with Crippen LogP contribution in [0.25, 0.3) is 21.1 Å². The van der Waals surface area contributed by atoms with Crippen molar-refractivity contribution in [3.8, 4) is 0 Å². The molecule has 0 spiro atoms. The average molecular weight is 461 g/mol. The SMILES string of the molecule is CCc1ccc2nc(Nc3nc(=O)cc(CSc4nc5ccccc5s4)[nH]3)nc(C)c2c1. The van der Waals surface area contributed by atoms with Crippen molar-refractivity contribution < 1.29 is 0 Å². The Bertz CT molecular complexity index is 1460. The number of para-hydroxylation sites is 1. The zero-order chi connectivity index (χ0) is 22.1. The van der Waals surface area contributed by atoms with Crippen LogP contribution in [0.15, 0.2) is 57.7 Å². The summed E-state index contributed by atoms with van der Waals surface area (Å²) in [6.45, 7) is 4.08. The number of H-pyrrole nitrogens is 1. The second-order valence-electron chi connectivity index (χ2n) is 7.29. The second kappa shape index (κ2) is 8.68. The lowest BCUT2D eigenvalue weighted by Crippen LogP contribution is -2.13. The van der Waals surface area contributed by atoms with Crippen LogP contribution >= 0.6 is 23.1 Å². The predicted octanol–water partition coefficient (Wildman–Crippen LogP) is 5.23. The largest absolute Gasteiger partial charge is 0.328 e. The molecule has 0 radical (unpaired) electrons. The Morgan fingerprint density at radius 2 is 1.91 bits per heavy atom. The molecule has 9 heteroatoms. The van der Waals surface area contributed by atoms with Gasteiger partial charge in [-0.15, -0.1) is 11.3 Å². The van der Waals surface area contributed by atoms with Crippen LogP contribution in [0.5, 0.6) is 0 Å². The number of aromatic amines is 1. The number of hydrogen-bond acceptors (Lipinski definition) is 8. The van der Waals surface area contributed by atoms with Gasteiger partial charge in [-0.25, -0.2) is 15.0 Å². The van der Waals surface area contributed by atoms with Crippen molar-refractivity contribution in [1.29, 1.82) is 0 Å². The summed E-state index contributed by atoms with van der Waals surface area (Å²) in [6.07, 6.45) is 0.961. The normalized spacial score (nSPS) is 11.3. The number of fused-ring (bicyclic) bond motifs is 2. The standard InChI is InChI=1S/C23H20N6OS2/c1-3-14-8-9-17-16(10-14)13(2)24-21(26-17)29-22-25-15(11-20(30)28-22)12-31-23-27-18-6-4-5-7-19(18)32-23/h4-11H,3,12H2,1-2H3,(H2,24,25,26,28,29,30). The lowest BCUT2D eigenvalue weighted by molar-refractivity contribution is 1.04. The van der Waals surface area contributed by atoms with E-state index in [1.165, 1.54) is 11.6 Å². The maximum absolute atomic E-state index is 12.2. The number of aromatic nitrogens is 5. The van der Waals surface area contributed by atoms with Crippen molar-refractivity contribution in [2.24, 2.45) is 0 Å². The Morgan fingerprint density at radius 3 is 2.75 bits per heavy atom. The van der Waals surface area contributed by atoms with Crippen molar-refractivity contribution in [1.82, 2.24) is 24.9 Å². The fourth-order valence-electron chi connectivity index (χ4n) is 3.41. The van der Waals surface area contributed by atoms with E-state index in [1.807, 2.05) is 31.2 Å². The first kappa shape index (κ1) is 20.6. The number of aryl methyl sites for hydroxylation is 2. The van der Waals surface area contributed by atoms with Crippen molar-refractivity contribution in [2.45, 2.75) is 30.4 Å². The molecule has 5 aromatic rings. The van der Waals surface area contributed by atoms with E-state index in [4.69, 9.17) is 0 Å². The van der Waals surface area contributed by atoms with E-state index in [9.17, 15) is 4.79 Å². The number of rotatable bonds is 6. The number of hydrogen-bond donors (Lipinski definition) is 2. The highest BCUT2D eigenvalue weighted by Crippen LogP contribution is 2.31. The molecule has 3 aromatic heterocycles. The van der Waals surface area contributed by atoms with E-state index < -0.39 is 0 Å². The molecule has 0 bridgehead atoms. The molecule has 2 aromatic carbocycles. The Kier molecular flexibility index (Phi) is 5.59. The van der Waals surface area contributed by atoms with Gasteiger partial charge < -0.3 is 4.98 Å². The molecular weight excluding hydrogens is 440 g/mol. The van der Waals surface area contributed by atoms with Gasteiger partial charge in [-0.05, 0) is 43.2 Å². The zero-order valence-electron chi connectivity index (χ0n) is 17.5. The second-order valence-corrected chi connectivity index (χ2v) is 9.55. The van der Waals surface area contributed by atoms with Crippen LogP contribution in [0.4, 0.5) is 11.9 Å². The Morgan fingerprint density at radius 1 is 1.03 bits per heavy atom. The first-order valence-electron chi connectivity index (χ1n) is 10.2. The number of benzene rings is 2. The first-order valence-corrected chi connectivity index (χ1v) is 12.0. The summed E-state index contributed by atoms with van der Waals surface area (Å²) in [5.41, 5.74) is 4.38. The molecule has 0 amide bonds. The van der Waals surface area contributed by atoms with E-state index in [2.05, 4.69) is 55.4 Å². The fraction of sp³-hybridized carbons (Fsp3) is 0.174. The summed E-state index contributed by atoms with van der Waals surface area (Å²) >= 11 is 3.22. The fourth-order valence-corrected chi connectivity index (χ4v) is 5.38. The Balaban J connectivity index is 1.37. The van der Waals surface area contributed by atoms with Crippen molar-refractivity contribution >= 4 is 56.1 Å². The van der Waals surface area contributed by atoms with Crippen LogP contribution in [0, 0.1) is 6.92 Å². The first-order chi connectivity index (χ1) is 15.6. The summed E-state index contributed by atoms with van der Waals surface area (Å²) in [5, 5.41) is 4.08. The van der Waals surface area contributed by atoms with E-state index in [1.54, 1.807) is 23.1 Å². The van der Waals surface area contributed by atoms with E-state index in [0.29, 0.717) is 17.6 Å². The third-order valence-corrected chi connectivity index (χ3v) is 7.24. The van der Waals surface area contributed by atoms with Gasteiger partial charge >= 0.3 is 0 Å². The van der Waals surface area contributed by atoms with Crippen LogP contribution in [-0.2, 0) is 12.2 Å². The lowest BCUT2D eigenvalue weighted by Gasteiger charge is -2.09. The minimum Gasteiger partial charge on any atom is -0.328 e. The molecule has 5 rings (SSSR count). The third-order valence-electron chi connectivity index (χ3n) is 5.01. The molecule has 2 N–H and O–H groups in total. The molecule has 0 fully saturated rings. The van der Waals surface area contributed by atoms with E-state index in [-0.39, 0.29) is 5.56 Å². The average Bonchev–Trinajstić information content (AvgIpc) is 3.20. The van der Waals surface area contributed by atoms with Gasteiger partial charge in [0.25, 0.3) is 5.56 Å². The summed E-state index contributed by atoms with van der Waals surface area (Å²) in [6, 6.07) is 15.7. The number of thioether (sulfide) groups is 1. The highest BCUT2D eigenvalue weighted by atomic mass is 32.2. The Hall–Kier alpha value is -3.30. The Labute approximate surface area is 192 Å². The highest BCUT2D eigenvalue weighted by molar-refractivity contribution is 8.00. The molecule has 0 aliphatic carbocycles. The highest BCUT2D eigenvalue weighted by Gasteiger charge is 2.09. The summed E-state index contributed by atoms with van der Waals surface area (Å²) in [7, 11) is 0. The maximum Gasteiger partial charge on any atom is 0.274 e. The van der Waals surface area contributed by atoms with Gasteiger partial charge in [0, 0.05) is 22.9 Å². The summed E-state index contributed by atoms with van der Waals surface area (Å²) < 4.78 is 2.11. The molecule has 3 heterocycles. The molecule has 160 valence electrons. The van der Waals surface area contributed by atoms with Crippen molar-refractivity contribution in [3.63, 3.8) is 0 Å². The molecule has 7 nitrogen and oxygen atoms in total. The van der Waals surface area contributed by atoms with Crippen molar-refractivity contribution in [2.75, 3.05) is 5.32 Å². The minimum absolute atomic E-state index is 0.321.